The van der Waals surface area contributed by atoms with E-state index in [0.717, 1.165) is 30.5 Å². The number of alkyl halides is 6. The molecule has 1 atom stereocenters. The van der Waals surface area contributed by atoms with Gasteiger partial charge in [0.05, 0.1) is 26.5 Å². The Morgan fingerprint density at radius 2 is 1.65 bits per heavy atom. The van der Waals surface area contributed by atoms with Crippen molar-refractivity contribution in [1.82, 2.24) is 10.3 Å². The lowest BCUT2D eigenvalue weighted by Crippen LogP contribution is -2.23. The molecule has 3 rings (SSSR count). The van der Waals surface area contributed by atoms with Crippen LogP contribution < -0.4 is 5.32 Å². The molecule has 0 aliphatic rings. The lowest BCUT2D eigenvalue weighted by Gasteiger charge is -2.18. The first-order valence-electron chi connectivity index (χ1n) is 10.2. The van der Waals surface area contributed by atoms with E-state index in [2.05, 4.69) is 26.2 Å². The van der Waals surface area contributed by atoms with Crippen LogP contribution in [0.25, 0.3) is 6.08 Å². The van der Waals surface area contributed by atoms with E-state index in [4.69, 9.17) is 34.8 Å². The second kappa shape index (κ2) is 11.6. The molecule has 13 heteroatoms. The molecule has 1 aromatic heterocycles. The summed E-state index contributed by atoms with van der Waals surface area (Å²) in [6.45, 7) is -0.0858. The van der Waals surface area contributed by atoms with Crippen LogP contribution in [0.4, 0.5) is 26.3 Å². The van der Waals surface area contributed by atoms with Crippen molar-refractivity contribution in [2.45, 2.75) is 24.8 Å². The number of carbonyl (C=O) groups is 1. The summed E-state index contributed by atoms with van der Waals surface area (Å²) >= 11 is 20.8. The number of nitrogens with zero attached hydrogens (tertiary/aromatic N) is 1. The van der Waals surface area contributed by atoms with Crippen LogP contribution in [0.1, 0.15) is 38.7 Å². The highest BCUT2D eigenvalue weighted by molar-refractivity contribution is 9.10. The zero-order valence-corrected chi connectivity index (χ0v) is 22.0. The molecule has 1 heterocycles. The van der Waals surface area contributed by atoms with Crippen molar-refractivity contribution in [2.24, 2.45) is 0 Å². The molecule has 0 fully saturated rings. The Labute approximate surface area is 230 Å². The van der Waals surface area contributed by atoms with Gasteiger partial charge < -0.3 is 5.32 Å². The van der Waals surface area contributed by atoms with Gasteiger partial charge >= 0.3 is 12.4 Å². The molecule has 0 radical (unpaired) electrons. The first-order chi connectivity index (χ1) is 17.2. The maximum atomic E-state index is 13.7. The fraction of sp³-hybridized carbons (Fsp3) is 0.167. The van der Waals surface area contributed by atoms with E-state index in [-0.39, 0.29) is 32.7 Å². The highest BCUT2D eigenvalue weighted by atomic mass is 79.9. The molecule has 0 saturated heterocycles. The summed E-state index contributed by atoms with van der Waals surface area (Å²) in [6.07, 6.45) is -6.06. The Morgan fingerprint density at radius 1 is 1.00 bits per heavy atom. The van der Waals surface area contributed by atoms with Crippen LogP contribution in [-0.2, 0) is 12.7 Å². The Morgan fingerprint density at radius 3 is 2.16 bits per heavy atom. The molecule has 0 bridgehead atoms. The summed E-state index contributed by atoms with van der Waals surface area (Å²) in [5.41, 5.74) is -0.381. The summed E-state index contributed by atoms with van der Waals surface area (Å²) in [5.74, 6) is -2.58. The average molecular weight is 647 g/mol. The monoisotopic (exact) mass is 644 g/mol. The van der Waals surface area contributed by atoms with Crippen LogP contribution in [-0.4, -0.2) is 17.1 Å². The largest absolute Gasteiger partial charge is 0.433 e. The van der Waals surface area contributed by atoms with Gasteiger partial charge in [0.25, 0.3) is 5.91 Å². The van der Waals surface area contributed by atoms with Gasteiger partial charge in [-0.15, -0.1) is 0 Å². The maximum absolute atomic E-state index is 13.7. The van der Waals surface area contributed by atoms with E-state index in [9.17, 15) is 31.1 Å². The molecule has 3 aromatic rings. The van der Waals surface area contributed by atoms with Crippen molar-refractivity contribution < 1.29 is 31.1 Å². The van der Waals surface area contributed by atoms with Crippen LogP contribution in [0.5, 0.6) is 0 Å². The molecular weight excluding hydrogens is 633 g/mol. The van der Waals surface area contributed by atoms with Gasteiger partial charge in [-0.3, -0.25) is 9.78 Å². The molecule has 0 saturated carbocycles. The number of nitrogens with one attached hydrogen (secondary N) is 1. The van der Waals surface area contributed by atoms with E-state index >= 15 is 0 Å². The summed E-state index contributed by atoms with van der Waals surface area (Å²) < 4.78 is 79.3. The number of halogens is 10. The first kappa shape index (κ1) is 29.3. The van der Waals surface area contributed by atoms with Gasteiger partial charge in [0.15, 0.2) is 0 Å². The molecule has 2 aromatic carbocycles. The molecule has 0 aliphatic carbocycles. The van der Waals surface area contributed by atoms with Crippen LogP contribution in [0.2, 0.25) is 15.1 Å². The predicted molar refractivity (Wildman–Crippen MR) is 134 cm³/mol. The molecule has 3 nitrogen and oxygen atoms in total. The van der Waals surface area contributed by atoms with E-state index in [1.54, 1.807) is 0 Å². The van der Waals surface area contributed by atoms with Crippen molar-refractivity contribution >= 4 is 62.7 Å². The Kier molecular flexibility index (Phi) is 9.21. The summed E-state index contributed by atoms with van der Waals surface area (Å²) in [4.78, 5) is 15.8. The van der Waals surface area contributed by atoms with Crippen LogP contribution in [0.15, 0.2) is 59.2 Å². The van der Waals surface area contributed by atoms with Gasteiger partial charge in [-0.1, -0.05) is 59.1 Å². The summed E-state index contributed by atoms with van der Waals surface area (Å²) in [5, 5.41) is 2.27. The third-order valence-corrected chi connectivity index (χ3v) is 6.86. The SMILES string of the molecule is O=C(NCc1ccc(C(F)(F)F)nc1)c1ccc(/C=C/C(c2cc(Cl)c(Cl)c(Cl)c2)C(F)(F)F)cc1Br. The normalized spacial score (nSPS) is 13.1. The molecule has 1 amide bonds. The molecular formula is C24H14BrCl3F6N2O. The number of aromatic nitrogens is 1. The predicted octanol–water partition coefficient (Wildman–Crippen LogP) is 9.11. The van der Waals surface area contributed by atoms with E-state index in [1.807, 2.05) is 0 Å². The van der Waals surface area contributed by atoms with Gasteiger partial charge in [0.2, 0.25) is 0 Å². The third kappa shape index (κ3) is 7.63. The fourth-order valence-electron chi connectivity index (χ4n) is 3.16. The molecule has 0 spiro atoms. The third-order valence-electron chi connectivity index (χ3n) is 5.01. The van der Waals surface area contributed by atoms with Crippen molar-refractivity contribution in [1.29, 1.82) is 0 Å². The number of pyridine rings is 1. The molecule has 1 unspecified atom stereocenters. The Bertz CT molecular complexity index is 1300. The van der Waals surface area contributed by atoms with Gasteiger partial charge in [0, 0.05) is 17.2 Å². The lowest BCUT2D eigenvalue weighted by molar-refractivity contribution is -0.141. The second-order valence-corrected chi connectivity index (χ2v) is 9.70. The van der Waals surface area contributed by atoms with Crippen molar-refractivity contribution in [2.75, 3.05) is 0 Å². The zero-order chi connectivity index (χ0) is 27.5. The number of rotatable bonds is 6. The highest BCUT2D eigenvalue weighted by Crippen LogP contribution is 2.41. The number of hydrogen-bond acceptors (Lipinski definition) is 2. The average Bonchev–Trinajstić information content (AvgIpc) is 2.80. The van der Waals surface area contributed by atoms with Gasteiger partial charge in [0.1, 0.15) is 5.69 Å². The number of allylic oxidation sites excluding steroid dienone is 1. The van der Waals surface area contributed by atoms with Crippen molar-refractivity contribution in [3.63, 3.8) is 0 Å². The van der Waals surface area contributed by atoms with Gasteiger partial charge in [-0.2, -0.15) is 26.3 Å². The molecule has 0 aliphatic heterocycles. The van der Waals surface area contributed by atoms with Crippen molar-refractivity contribution in [3.8, 4) is 0 Å². The fourth-order valence-corrected chi connectivity index (χ4v) is 4.35. The van der Waals surface area contributed by atoms with E-state index in [0.29, 0.717) is 15.6 Å². The van der Waals surface area contributed by atoms with Gasteiger partial charge in [-0.25, -0.2) is 0 Å². The Hall–Kier alpha value is -2.27. The smallest absolute Gasteiger partial charge is 0.348 e. The minimum atomic E-state index is -4.65. The minimum absolute atomic E-state index is 0.0515. The topological polar surface area (TPSA) is 42.0 Å². The summed E-state index contributed by atoms with van der Waals surface area (Å²) in [7, 11) is 0. The molecule has 196 valence electrons. The number of amides is 1. The van der Waals surface area contributed by atoms with Crippen LogP contribution >= 0.6 is 50.7 Å². The minimum Gasteiger partial charge on any atom is -0.348 e. The van der Waals surface area contributed by atoms with Crippen LogP contribution in [0, 0.1) is 0 Å². The Balaban J connectivity index is 1.74. The lowest BCUT2D eigenvalue weighted by atomic mass is 9.97. The maximum Gasteiger partial charge on any atom is 0.433 e. The van der Waals surface area contributed by atoms with Crippen LogP contribution in [0.3, 0.4) is 0 Å². The second-order valence-electron chi connectivity index (χ2n) is 7.65. The quantitative estimate of drug-likeness (QED) is 0.215. The molecule has 37 heavy (non-hydrogen) atoms. The number of carbonyl (C=O) groups excluding carboxylic acids is 1. The molecule has 1 N–H and O–H groups in total. The summed E-state index contributed by atoms with van der Waals surface area (Å²) in [6, 6.07) is 8.45. The number of hydrogen-bond donors (Lipinski definition) is 1. The van der Waals surface area contributed by atoms with E-state index in [1.165, 1.54) is 30.3 Å². The zero-order valence-electron chi connectivity index (χ0n) is 18.2. The standard InChI is InChI=1S/C24H14BrCl3F6N2O/c25-17-7-12(2-5-16(23(29,30)31)14-8-18(26)21(28)19(27)9-14)1-4-15(17)22(37)36-11-13-3-6-20(35-10-13)24(32,33)34/h1-10,16H,11H2,(H,36,37)/b5-2+. The van der Waals surface area contributed by atoms with Crippen molar-refractivity contribution in [3.05, 3.63) is 102 Å². The van der Waals surface area contributed by atoms with Gasteiger partial charge in [-0.05, 0) is 63.0 Å². The highest BCUT2D eigenvalue weighted by Gasteiger charge is 2.39. The van der Waals surface area contributed by atoms with E-state index < -0.39 is 29.9 Å². The first-order valence-corrected chi connectivity index (χ1v) is 12.1. The number of benzene rings is 2.